The molecular weight excluding hydrogens is 200 g/mol. The molecule has 1 saturated carbocycles. The zero-order valence-corrected chi connectivity index (χ0v) is 10.5. The Morgan fingerprint density at radius 1 is 1.62 bits per heavy atom. The average molecular weight is 222 g/mol. The lowest BCUT2D eigenvalue weighted by Crippen LogP contribution is -2.38. The van der Waals surface area contributed by atoms with Crippen LogP contribution in [0.15, 0.2) is 12.4 Å². The Morgan fingerprint density at radius 2 is 2.38 bits per heavy atom. The molecule has 1 aliphatic carbocycles. The van der Waals surface area contributed by atoms with Crippen LogP contribution in [-0.2, 0) is 13.6 Å². The van der Waals surface area contributed by atoms with Crippen LogP contribution in [0.2, 0.25) is 0 Å². The Labute approximate surface area is 97.6 Å². The van der Waals surface area contributed by atoms with E-state index in [1.165, 1.54) is 18.4 Å². The summed E-state index contributed by atoms with van der Waals surface area (Å²) in [6.45, 7) is 4.24. The molecule has 0 amide bonds. The predicted molar refractivity (Wildman–Crippen MR) is 65.2 cm³/mol. The van der Waals surface area contributed by atoms with Crippen LogP contribution in [-0.4, -0.2) is 40.4 Å². The van der Waals surface area contributed by atoms with E-state index in [4.69, 9.17) is 0 Å². The smallest absolute Gasteiger partial charge is 0.0534 e. The Hall–Kier alpha value is -0.870. The van der Waals surface area contributed by atoms with E-state index in [9.17, 15) is 0 Å². The summed E-state index contributed by atoms with van der Waals surface area (Å²) in [5.74, 6) is 0. The molecule has 2 rings (SSSR count). The van der Waals surface area contributed by atoms with E-state index in [1.807, 2.05) is 17.9 Å². The molecule has 1 fully saturated rings. The predicted octanol–water partition coefficient (Wildman–Crippen LogP) is 0.992. The van der Waals surface area contributed by atoms with Gasteiger partial charge in [-0.2, -0.15) is 5.10 Å². The van der Waals surface area contributed by atoms with Gasteiger partial charge in [0, 0.05) is 44.0 Å². The van der Waals surface area contributed by atoms with Gasteiger partial charge in [-0.1, -0.05) is 0 Å². The molecule has 16 heavy (non-hydrogen) atoms. The molecule has 1 atom stereocenters. The van der Waals surface area contributed by atoms with Gasteiger partial charge in [0.2, 0.25) is 0 Å². The van der Waals surface area contributed by atoms with Gasteiger partial charge in [0.1, 0.15) is 0 Å². The number of likely N-dealkylation sites (N-methyl/N-ethyl adjacent to an activating group) is 1. The van der Waals surface area contributed by atoms with Crippen molar-refractivity contribution in [2.24, 2.45) is 7.05 Å². The SMILES string of the molecule is CC(CNCc1cnn(C)c1)N(C)C1CC1. The molecule has 90 valence electrons. The average Bonchev–Trinajstić information content (AvgIpc) is 3.02. The maximum absolute atomic E-state index is 4.15. The highest BCUT2D eigenvalue weighted by Gasteiger charge is 2.28. The molecule has 1 aromatic heterocycles. The summed E-state index contributed by atoms with van der Waals surface area (Å²) in [6.07, 6.45) is 6.73. The second kappa shape index (κ2) is 4.97. The second-order valence-corrected chi connectivity index (χ2v) is 4.90. The lowest BCUT2D eigenvalue weighted by molar-refractivity contribution is 0.241. The van der Waals surface area contributed by atoms with Crippen LogP contribution in [0.25, 0.3) is 0 Å². The highest BCUT2D eigenvalue weighted by atomic mass is 15.2. The third kappa shape index (κ3) is 3.06. The Bertz CT molecular complexity index is 330. The molecule has 0 aromatic carbocycles. The highest BCUT2D eigenvalue weighted by Crippen LogP contribution is 2.26. The molecule has 1 N–H and O–H groups in total. The Kier molecular flexibility index (Phi) is 3.61. The normalized spacial score (nSPS) is 18.0. The number of aryl methyl sites for hydroxylation is 1. The summed E-state index contributed by atoms with van der Waals surface area (Å²) in [5.41, 5.74) is 1.25. The van der Waals surface area contributed by atoms with Gasteiger partial charge in [-0.15, -0.1) is 0 Å². The fraction of sp³-hybridized carbons (Fsp3) is 0.750. The van der Waals surface area contributed by atoms with Crippen molar-refractivity contribution in [3.8, 4) is 0 Å². The zero-order chi connectivity index (χ0) is 11.5. The van der Waals surface area contributed by atoms with E-state index < -0.39 is 0 Å². The lowest BCUT2D eigenvalue weighted by atomic mass is 10.2. The van der Waals surface area contributed by atoms with E-state index in [2.05, 4.69) is 35.5 Å². The third-order valence-electron chi connectivity index (χ3n) is 3.35. The van der Waals surface area contributed by atoms with Gasteiger partial charge >= 0.3 is 0 Å². The fourth-order valence-corrected chi connectivity index (χ4v) is 1.97. The van der Waals surface area contributed by atoms with E-state index in [0.717, 1.165) is 19.1 Å². The maximum atomic E-state index is 4.15. The maximum Gasteiger partial charge on any atom is 0.0534 e. The van der Waals surface area contributed by atoms with Gasteiger partial charge in [-0.05, 0) is 26.8 Å². The number of rotatable bonds is 6. The Balaban J connectivity index is 1.67. The minimum absolute atomic E-state index is 0.615. The van der Waals surface area contributed by atoms with Crippen LogP contribution in [0, 0.1) is 0 Å². The van der Waals surface area contributed by atoms with Crippen LogP contribution in [0.5, 0.6) is 0 Å². The summed E-state index contributed by atoms with van der Waals surface area (Å²) in [5, 5.41) is 7.64. The largest absolute Gasteiger partial charge is 0.311 e. The van der Waals surface area contributed by atoms with Crippen molar-refractivity contribution in [1.29, 1.82) is 0 Å². The van der Waals surface area contributed by atoms with Crippen LogP contribution in [0.3, 0.4) is 0 Å². The molecule has 4 nitrogen and oxygen atoms in total. The monoisotopic (exact) mass is 222 g/mol. The molecule has 1 heterocycles. The zero-order valence-electron chi connectivity index (χ0n) is 10.5. The molecule has 1 aromatic rings. The molecule has 1 aliphatic rings. The number of hydrogen-bond donors (Lipinski definition) is 1. The molecule has 1 unspecified atom stereocenters. The van der Waals surface area contributed by atoms with Crippen molar-refractivity contribution in [1.82, 2.24) is 20.0 Å². The van der Waals surface area contributed by atoms with Crippen LogP contribution in [0.4, 0.5) is 0 Å². The standard InChI is InChI=1S/C12H22N4/c1-10(16(3)12-4-5-12)6-13-7-11-8-14-15(2)9-11/h8-10,12-13H,4-7H2,1-3H3. The summed E-state index contributed by atoms with van der Waals surface area (Å²) in [7, 11) is 4.18. The lowest BCUT2D eigenvalue weighted by Gasteiger charge is -2.24. The van der Waals surface area contributed by atoms with Crippen LogP contribution in [0.1, 0.15) is 25.3 Å². The third-order valence-corrected chi connectivity index (χ3v) is 3.35. The first-order valence-electron chi connectivity index (χ1n) is 6.07. The molecule has 0 aliphatic heterocycles. The number of nitrogens with one attached hydrogen (secondary N) is 1. The first kappa shape index (κ1) is 11.6. The molecule has 0 bridgehead atoms. The van der Waals surface area contributed by atoms with Crippen molar-refractivity contribution in [3.05, 3.63) is 18.0 Å². The quantitative estimate of drug-likeness (QED) is 0.779. The summed E-state index contributed by atoms with van der Waals surface area (Å²) in [6, 6.07) is 1.46. The van der Waals surface area contributed by atoms with E-state index in [1.54, 1.807) is 0 Å². The molecule has 0 spiro atoms. The number of nitrogens with zero attached hydrogens (tertiary/aromatic N) is 3. The number of hydrogen-bond acceptors (Lipinski definition) is 3. The van der Waals surface area contributed by atoms with E-state index in [-0.39, 0.29) is 0 Å². The van der Waals surface area contributed by atoms with E-state index in [0.29, 0.717) is 6.04 Å². The molecule has 0 saturated heterocycles. The molecular formula is C12H22N4. The second-order valence-electron chi connectivity index (χ2n) is 4.90. The van der Waals surface area contributed by atoms with Gasteiger partial charge in [0.15, 0.2) is 0 Å². The van der Waals surface area contributed by atoms with Gasteiger partial charge in [0.05, 0.1) is 6.20 Å². The van der Waals surface area contributed by atoms with Gasteiger partial charge < -0.3 is 5.32 Å². The number of aromatic nitrogens is 2. The van der Waals surface area contributed by atoms with Gasteiger partial charge in [0.25, 0.3) is 0 Å². The fourth-order valence-electron chi connectivity index (χ4n) is 1.97. The van der Waals surface area contributed by atoms with Crippen molar-refractivity contribution >= 4 is 0 Å². The summed E-state index contributed by atoms with van der Waals surface area (Å²) >= 11 is 0. The highest BCUT2D eigenvalue weighted by molar-refractivity contribution is 5.02. The van der Waals surface area contributed by atoms with Crippen LogP contribution < -0.4 is 5.32 Å². The molecule has 4 heteroatoms. The molecule has 0 radical (unpaired) electrons. The first-order valence-corrected chi connectivity index (χ1v) is 6.07. The van der Waals surface area contributed by atoms with E-state index >= 15 is 0 Å². The van der Waals surface area contributed by atoms with Gasteiger partial charge in [-0.25, -0.2) is 0 Å². The summed E-state index contributed by atoms with van der Waals surface area (Å²) in [4.78, 5) is 2.48. The first-order chi connectivity index (χ1) is 7.66. The topological polar surface area (TPSA) is 33.1 Å². The Morgan fingerprint density at radius 3 is 2.94 bits per heavy atom. The van der Waals surface area contributed by atoms with Crippen molar-refractivity contribution in [2.75, 3.05) is 13.6 Å². The minimum atomic E-state index is 0.615. The van der Waals surface area contributed by atoms with Gasteiger partial charge in [-0.3, -0.25) is 9.58 Å². The summed E-state index contributed by atoms with van der Waals surface area (Å²) < 4.78 is 1.84. The van der Waals surface area contributed by atoms with Crippen molar-refractivity contribution in [3.63, 3.8) is 0 Å². The van der Waals surface area contributed by atoms with Crippen LogP contribution >= 0.6 is 0 Å². The van der Waals surface area contributed by atoms with Crippen molar-refractivity contribution < 1.29 is 0 Å². The van der Waals surface area contributed by atoms with Crippen molar-refractivity contribution in [2.45, 2.75) is 38.4 Å². The minimum Gasteiger partial charge on any atom is -0.311 e.